The smallest absolute Gasteiger partial charge is 0.228 e. The molecule has 0 saturated carbocycles. The molecule has 1 amide bonds. The number of anilines is 2. The van der Waals surface area contributed by atoms with Gasteiger partial charge >= 0.3 is 0 Å². The average molecular weight is 339 g/mol. The Hall–Kier alpha value is -2.53. The average Bonchev–Trinajstić information content (AvgIpc) is 2.63. The Morgan fingerprint density at radius 3 is 2.48 bits per heavy atom. The van der Waals surface area contributed by atoms with E-state index in [4.69, 9.17) is 4.74 Å². The second-order valence-corrected chi connectivity index (χ2v) is 6.41. The van der Waals surface area contributed by atoms with E-state index in [0.29, 0.717) is 6.42 Å². The van der Waals surface area contributed by atoms with Crippen molar-refractivity contribution in [2.45, 2.75) is 6.42 Å². The third-order valence-electron chi connectivity index (χ3n) is 4.52. The van der Waals surface area contributed by atoms with Crippen molar-refractivity contribution in [1.29, 1.82) is 0 Å². The van der Waals surface area contributed by atoms with Crippen LogP contribution in [0.1, 0.15) is 5.56 Å². The van der Waals surface area contributed by atoms with E-state index in [9.17, 15) is 4.79 Å². The molecule has 0 aliphatic carbocycles. The Kier molecular flexibility index (Phi) is 5.56. The zero-order valence-electron chi connectivity index (χ0n) is 14.9. The summed E-state index contributed by atoms with van der Waals surface area (Å²) in [7, 11) is 3.78. The van der Waals surface area contributed by atoms with E-state index in [2.05, 4.69) is 34.3 Å². The molecule has 0 atom stereocenters. The van der Waals surface area contributed by atoms with Gasteiger partial charge in [0.2, 0.25) is 5.91 Å². The van der Waals surface area contributed by atoms with Crippen molar-refractivity contribution in [1.82, 2.24) is 4.90 Å². The maximum Gasteiger partial charge on any atom is 0.228 e. The number of rotatable bonds is 5. The Bertz CT molecular complexity index is 707. The molecule has 0 radical (unpaired) electrons. The van der Waals surface area contributed by atoms with Crippen LogP contribution in [0.15, 0.2) is 48.5 Å². The van der Waals surface area contributed by atoms with Crippen LogP contribution in [0, 0.1) is 0 Å². The molecular formula is C20H25N3O2. The van der Waals surface area contributed by atoms with Crippen molar-refractivity contribution in [3.05, 3.63) is 54.1 Å². The second kappa shape index (κ2) is 8.03. The number of carbonyl (C=O) groups excluding carboxylic acids is 1. The van der Waals surface area contributed by atoms with E-state index in [1.807, 2.05) is 36.4 Å². The van der Waals surface area contributed by atoms with E-state index in [-0.39, 0.29) is 5.91 Å². The molecule has 0 bridgehead atoms. The Morgan fingerprint density at radius 1 is 1.08 bits per heavy atom. The quantitative estimate of drug-likeness (QED) is 0.910. The number of hydrogen-bond acceptors (Lipinski definition) is 4. The van der Waals surface area contributed by atoms with Gasteiger partial charge in [-0.3, -0.25) is 4.79 Å². The van der Waals surface area contributed by atoms with Crippen molar-refractivity contribution in [2.24, 2.45) is 0 Å². The predicted molar refractivity (Wildman–Crippen MR) is 101 cm³/mol. The van der Waals surface area contributed by atoms with Crippen LogP contribution in [0.2, 0.25) is 0 Å². The third kappa shape index (κ3) is 4.73. The van der Waals surface area contributed by atoms with Gasteiger partial charge in [-0.25, -0.2) is 0 Å². The topological polar surface area (TPSA) is 44.8 Å². The molecule has 5 nitrogen and oxygen atoms in total. The summed E-state index contributed by atoms with van der Waals surface area (Å²) in [4.78, 5) is 17.0. The molecule has 1 fully saturated rings. The summed E-state index contributed by atoms with van der Waals surface area (Å²) in [5.41, 5.74) is 2.97. The highest BCUT2D eigenvalue weighted by molar-refractivity contribution is 5.92. The number of benzene rings is 2. The van der Waals surface area contributed by atoms with Crippen molar-refractivity contribution in [2.75, 3.05) is 50.6 Å². The van der Waals surface area contributed by atoms with Crippen LogP contribution in [0.4, 0.5) is 11.4 Å². The fourth-order valence-corrected chi connectivity index (χ4v) is 2.99. The number of methoxy groups -OCH3 is 1. The molecule has 132 valence electrons. The predicted octanol–water partition coefficient (Wildman–Crippen LogP) is 2.63. The highest BCUT2D eigenvalue weighted by atomic mass is 16.5. The fourth-order valence-electron chi connectivity index (χ4n) is 2.99. The lowest BCUT2D eigenvalue weighted by atomic mass is 10.1. The summed E-state index contributed by atoms with van der Waals surface area (Å²) in [6.45, 7) is 4.24. The van der Waals surface area contributed by atoms with Crippen LogP contribution in [0.5, 0.6) is 5.75 Å². The summed E-state index contributed by atoms with van der Waals surface area (Å²) in [5, 5.41) is 2.96. The van der Waals surface area contributed by atoms with Crippen molar-refractivity contribution in [3.63, 3.8) is 0 Å². The molecule has 1 aliphatic heterocycles. The number of hydrogen-bond donors (Lipinski definition) is 1. The van der Waals surface area contributed by atoms with Crippen LogP contribution in [-0.4, -0.2) is 51.1 Å². The van der Waals surface area contributed by atoms with Crippen molar-refractivity contribution < 1.29 is 9.53 Å². The summed E-state index contributed by atoms with van der Waals surface area (Å²) >= 11 is 0. The number of ether oxygens (including phenoxy) is 1. The van der Waals surface area contributed by atoms with E-state index in [1.54, 1.807) is 7.11 Å². The Labute approximate surface area is 149 Å². The molecule has 1 saturated heterocycles. The fraction of sp³-hybridized carbons (Fsp3) is 0.350. The van der Waals surface area contributed by atoms with E-state index >= 15 is 0 Å². The minimum atomic E-state index is -0.0272. The van der Waals surface area contributed by atoms with Crippen LogP contribution in [0.25, 0.3) is 0 Å². The van der Waals surface area contributed by atoms with Gasteiger partial charge in [0.25, 0.3) is 0 Å². The molecule has 0 unspecified atom stereocenters. The lowest BCUT2D eigenvalue weighted by Crippen LogP contribution is -2.44. The maximum atomic E-state index is 12.2. The first kappa shape index (κ1) is 17.3. The molecular weight excluding hydrogens is 314 g/mol. The van der Waals surface area contributed by atoms with E-state index in [1.165, 1.54) is 5.69 Å². The monoisotopic (exact) mass is 339 g/mol. The normalized spacial score (nSPS) is 15.0. The Balaban J connectivity index is 1.56. The molecule has 1 heterocycles. The summed E-state index contributed by atoms with van der Waals surface area (Å²) in [6, 6.07) is 15.7. The first-order valence-electron chi connectivity index (χ1n) is 8.60. The summed E-state index contributed by atoms with van der Waals surface area (Å²) in [6.07, 6.45) is 0.331. The van der Waals surface area contributed by atoms with Crippen LogP contribution < -0.4 is 15.0 Å². The molecule has 2 aromatic rings. The number of amides is 1. The van der Waals surface area contributed by atoms with Gasteiger partial charge in [-0.15, -0.1) is 0 Å². The van der Waals surface area contributed by atoms with Gasteiger partial charge in [-0.05, 0) is 49.0 Å². The van der Waals surface area contributed by atoms with Crippen LogP contribution in [0.3, 0.4) is 0 Å². The van der Waals surface area contributed by atoms with Gasteiger partial charge in [0.15, 0.2) is 0 Å². The molecule has 2 aromatic carbocycles. The molecule has 5 heteroatoms. The largest absolute Gasteiger partial charge is 0.497 e. The zero-order valence-corrected chi connectivity index (χ0v) is 14.9. The first-order valence-corrected chi connectivity index (χ1v) is 8.60. The van der Waals surface area contributed by atoms with Crippen LogP contribution >= 0.6 is 0 Å². The zero-order chi connectivity index (χ0) is 17.6. The molecule has 1 aliphatic rings. The number of piperazine rings is 1. The second-order valence-electron chi connectivity index (χ2n) is 6.41. The number of carbonyl (C=O) groups is 1. The molecule has 0 spiro atoms. The van der Waals surface area contributed by atoms with Gasteiger partial charge in [0.05, 0.1) is 13.5 Å². The summed E-state index contributed by atoms with van der Waals surface area (Å²) < 4.78 is 5.19. The molecule has 0 aromatic heterocycles. The lowest BCUT2D eigenvalue weighted by Gasteiger charge is -2.34. The van der Waals surface area contributed by atoms with E-state index in [0.717, 1.165) is 43.2 Å². The molecule has 3 rings (SSSR count). The minimum Gasteiger partial charge on any atom is -0.497 e. The van der Waals surface area contributed by atoms with Crippen LogP contribution in [-0.2, 0) is 11.2 Å². The highest BCUT2D eigenvalue weighted by Gasteiger charge is 2.14. The van der Waals surface area contributed by atoms with Gasteiger partial charge in [0.1, 0.15) is 5.75 Å². The number of likely N-dealkylation sites (N-methyl/N-ethyl adjacent to an activating group) is 1. The van der Waals surface area contributed by atoms with Gasteiger partial charge in [-0.1, -0.05) is 12.1 Å². The molecule has 25 heavy (non-hydrogen) atoms. The minimum absolute atomic E-state index is 0.0272. The number of nitrogens with one attached hydrogen (secondary N) is 1. The first-order chi connectivity index (χ1) is 12.1. The highest BCUT2D eigenvalue weighted by Crippen LogP contribution is 2.20. The lowest BCUT2D eigenvalue weighted by molar-refractivity contribution is -0.115. The molecule has 1 N–H and O–H groups in total. The van der Waals surface area contributed by atoms with Gasteiger partial charge in [0, 0.05) is 37.6 Å². The van der Waals surface area contributed by atoms with E-state index < -0.39 is 0 Å². The SMILES string of the molecule is COc1cccc(CC(=O)Nc2ccc(N3CCN(C)CC3)cc2)c1. The Morgan fingerprint density at radius 2 is 1.80 bits per heavy atom. The standard InChI is InChI=1S/C20H25N3O2/c1-22-10-12-23(13-11-22)18-8-6-17(7-9-18)21-20(24)15-16-4-3-5-19(14-16)25-2/h3-9,14H,10-13,15H2,1-2H3,(H,21,24). The maximum absolute atomic E-state index is 12.2. The van der Waals surface area contributed by atoms with Gasteiger partial charge in [-0.2, -0.15) is 0 Å². The third-order valence-corrected chi connectivity index (χ3v) is 4.52. The summed E-state index contributed by atoms with van der Waals surface area (Å²) in [5.74, 6) is 0.738. The van der Waals surface area contributed by atoms with Gasteiger partial charge < -0.3 is 19.9 Å². The van der Waals surface area contributed by atoms with Crippen molar-refractivity contribution in [3.8, 4) is 5.75 Å². The van der Waals surface area contributed by atoms with Crippen molar-refractivity contribution >= 4 is 17.3 Å². The number of nitrogens with zero attached hydrogens (tertiary/aromatic N) is 2.